The molecular weight excluding hydrogens is 464 g/mol. The van der Waals surface area contributed by atoms with Crippen molar-refractivity contribution in [2.45, 2.75) is 0 Å². The van der Waals surface area contributed by atoms with Crippen molar-refractivity contribution in [1.82, 2.24) is 19.1 Å². The Morgan fingerprint density at radius 2 is 0.947 bits per heavy atom. The van der Waals surface area contributed by atoms with Gasteiger partial charge in [0.15, 0.2) is 0 Å². The van der Waals surface area contributed by atoms with Gasteiger partial charge in [-0.1, -0.05) is 78.9 Å². The Morgan fingerprint density at radius 1 is 0.447 bits per heavy atom. The lowest BCUT2D eigenvalue weighted by Crippen LogP contribution is -2.05. The van der Waals surface area contributed by atoms with Crippen LogP contribution in [0.2, 0.25) is 0 Å². The van der Waals surface area contributed by atoms with Crippen LogP contribution in [0.25, 0.3) is 66.2 Å². The molecule has 178 valence electrons. The van der Waals surface area contributed by atoms with Crippen molar-refractivity contribution in [3.63, 3.8) is 0 Å². The highest BCUT2D eigenvalue weighted by Gasteiger charge is 2.22. The molecular formula is C34H22N4. The van der Waals surface area contributed by atoms with Gasteiger partial charge in [-0.25, -0.2) is 4.98 Å². The number of hydrogen-bond acceptors (Lipinski definition) is 2. The summed E-state index contributed by atoms with van der Waals surface area (Å²) in [7, 11) is 0. The molecule has 0 bridgehead atoms. The van der Waals surface area contributed by atoms with Crippen molar-refractivity contribution >= 4 is 43.6 Å². The van der Waals surface area contributed by atoms with Crippen LogP contribution in [-0.2, 0) is 0 Å². The second-order valence-electron chi connectivity index (χ2n) is 9.51. The highest BCUT2D eigenvalue weighted by atomic mass is 15.1. The van der Waals surface area contributed by atoms with Gasteiger partial charge in [0.25, 0.3) is 0 Å². The zero-order chi connectivity index (χ0) is 25.1. The monoisotopic (exact) mass is 486 g/mol. The van der Waals surface area contributed by atoms with Crippen LogP contribution in [-0.4, -0.2) is 19.1 Å². The Hall–Kier alpha value is -5.22. The van der Waals surface area contributed by atoms with E-state index >= 15 is 0 Å². The second-order valence-corrected chi connectivity index (χ2v) is 9.51. The molecule has 0 aliphatic rings. The smallest absolute Gasteiger partial charge is 0.147 e. The van der Waals surface area contributed by atoms with E-state index in [-0.39, 0.29) is 0 Å². The normalized spacial score (nSPS) is 11.7. The summed E-state index contributed by atoms with van der Waals surface area (Å²) in [5.41, 5.74) is 7.73. The number of rotatable bonds is 3. The van der Waals surface area contributed by atoms with Crippen LogP contribution in [0.1, 0.15) is 0 Å². The maximum Gasteiger partial charge on any atom is 0.147 e. The van der Waals surface area contributed by atoms with Crippen LogP contribution in [0.5, 0.6) is 0 Å². The highest BCUT2D eigenvalue weighted by molar-refractivity contribution is 6.11. The SMILES string of the molecule is c1cncc(-c2c(-n3c4ccccc4c4ccccc43)ccnc2-n2c3ccccc3c3ccccc32)c1. The molecule has 0 amide bonds. The fourth-order valence-electron chi connectivity index (χ4n) is 5.92. The molecule has 0 unspecified atom stereocenters. The molecule has 0 saturated heterocycles. The Kier molecular flexibility index (Phi) is 4.49. The number of aromatic nitrogens is 4. The van der Waals surface area contributed by atoms with Crippen LogP contribution in [0, 0.1) is 0 Å². The van der Waals surface area contributed by atoms with Crippen LogP contribution >= 0.6 is 0 Å². The Labute approximate surface area is 219 Å². The minimum absolute atomic E-state index is 0.884. The van der Waals surface area contributed by atoms with Crippen LogP contribution < -0.4 is 0 Å². The van der Waals surface area contributed by atoms with Gasteiger partial charge in [0, 0.05) is 45.7 Å². The van der Waals surface area contributed by atoms with Gasteiger partial charge in [0.2, 0.25) is 0 Å². The lowest BCUT2D eigenvalue weighted by atomic mass is 10.1. The predicted octanol–water partition coefficient (Wildman–Crippen LogP) is 8.34. The lowest BCUT2D eigenvalue weighted by Gasteiger charge is -2.18. The number of para-hydroxylation sites is 4. The van der Waals surface area contributed by atoms with Gasteiger partial charge in [-0.2, -0.15) is 0 Å². The largest absolute Gasteiger partial charge is 0.308 e. The fraction of sp³-hybridized carbons (Fsp3) is 0. The minimum atomic E-state index is 0.884. The van der Waals surface area contributed by atoms with Gasteiger partial charge >= 0.3 is 0 Å². The molecule has 0 saturated carbocycles. The number of hydrogen-bond donors (Lipinski definition) is 0. The van der Waals surface area contributed by atoms with Crippen molar-refractivity contribution in [2.24, 2.45) is 0 Å². The molecule has 8 aromatic rings. The Bertz CT molecular complexity index is 1900. The third-order valence-electron chi connectivity index (χ3n) is 7.47. The van der Waals surface area contributed by atoms with E-state index in [0.29, 0.717) is 0 Å². The van der Waals surface area contributed by atoms with Gasteiger partial charge in [0.05, 0.1) is 33.3 Å². The summed E-state index contributed by atoms with van der Waals surface area (Å²) in [6, 6.07) is 40.6. The van der Waals surface area contributed by atoms with Crippen molar-refractivity contribution in [3.8, 4) is 22.6 Å². The van der Waals surface area contributed by atoms with Crippen molar-refractivity contribution in [3.05, 3.63) is 134 Å². The molecule has 4 aromatic carbocycles. The highest BCUT2D eigenvalue weighted by Crippen LogP contribution is 2.40. The van der Waals surface area contributed by atoms with Gasteiger partial charge in [-0.3, -0.25) is 9.55 Å². The molecule has 0 atom stereocenters. The van der Waals surface area contributed by atoms with E-state index in [2.05, 4.69) is 123 Å². The van der Waals surface area contributed by atoms with Crippen molar-refractivity contribution in [2.75, 3.05) is 0 Å². The summed E-state index contributed by atoms with van der Waals surface area (Å²) in [6.45, 7) is 0. The maximum absolute atomic E-state index is 5.05. The lowest BCUT2D eigenvalue weighted by molar-refractivity contribution is 1.06. The molecule has 4 nitrogen and oxygen atoms in total. The zero-order valence-corrected chi connectivity index (χ0v) is 20.5. The van der Waals surface area contributed by atoms with Gasteiger partial charge < -0.3 is 4.57 Å². The van der Waals surface area contributed by atoms with E-state index < -0.39 is 0 Å². The quantitative estimate of drug-likeness (QED) is 0.252. The summed E-state index contributed by atoms with van der Waals surface area (Å²) in [5, 5.41) is 4.89. The van der Waals surface area contributed by atoms with E-state index in [1.807, 2.05) is 24.7 Å². The molecule has 0 spiro atoms. The van der Waals surface area contributed by atoms with E-state index in [0.717, 1.165) is 33.7 Å². The molecule has 4 aromatic heterocycles. The first-order valence-corrected chi connectivity index (χ1v) is 12.8. The Balaban J connectivity index is 1.57. The topological polar surface area (TPSA) is 35.6 Å². The fourth-order valence-corrected chi connectivity index (χ4v) is 5.92. The molecule has 38 heavy (non-hydrogen) atoms. The number of pyridine rings is 2. The standard InChI is InChI=1S/C34H22N4/c1-5-15-28-24(11-1)25-12-2-6-16-29(25)37(28)32-19-21-36-34(33(32)23-10-9-20-35-22-23)38-30-17-7-3-13-26(30)27-14-4-8-18-31(27)38/h1-22H. The van der Waals surface area contributed by atoms with Crippen LogP contribution in [0.4, 0.5) is 0 Å². The van der Waals surface area contributed by atoms with E-state index in [1.54, 1.807) is 0 Å². The first-order chi connectivity index (χ1) is 18.9. The number of fused-ring (bicyclic) bond motifs is 6. The Morgan fingerprint density at radius 3 is 1.45 bits per heavy atom. The summed E-state index contributed by atoms with van der Waals surface area (Å²) >= 11 is 0. The number of benzene rings is 4. The average Bonchev–Trinajstić information content (AvgIpc) is 3.50. The number of nitrogens with zero attached hydrogens (tertiary/aromatic N) is 4. The van der Waals surface area contributed by atoms with E-state index in [9.17, 15) is 0 Å². The van der Waals surface area contributed by atoms with Crippen LogP contribution in [0.15, 0.2) is 134 Å². The summed E-state index contributed by atoms with van der Waals surface area (Å²) in [5.74, 6) is 0.884. The van der Waals surface area contributed by atoms with Crippen LogP contribution in [0.3, 0.4) is 0 Å². The maximum atomic E-state index is 5.05. The molecule has 0 radical (unpaired) electrons. The van der Waals surface area contributed by atoms with E-state index in [4.69, 9.17) is 4.98 Å². The van der Waals surface area contributed by atoms with Gasteiger partial charge in [0.1, 0.15) is 5.82 Å². The first-order valence-electron chi connectivity index (χ1n) is 12.8. The molecule has 0 N–H and O–H groups in total. The second kappa shape index (κ2) is 8.15. The third-order valence-corrected chi connectivity index (χ3v) is 7.47. The molecule has 0 aliphatic carbocycles. The van der Waals surface area contributed by atoms with E-state index in [1.165, 1.54) is 32.6 Å². The van der Waals surface area contributed by atoms with Crippen molar-refractivity contribution in [1.29, 1.82) is 0 Å². The third kappa shape index (κ3) is 2.91. The summed E-state index contributed by atoms with van der Waals surface area (Å²) < 4.78 is 4.66. The minimum Gasteiger partial charge on any atom is -0.308 e. The molecule has 4 heteroatoms. The van der Waals surface area contributed by atoms with Gasteiger partial charge in [-0.05, 0) is 36.4 Å². The molecule has 4 heterocycles. The zero-order valence-electron chi connectivity index (χ0n) is 20.5. The van der Waals surface area contributed by atoms with Gasteiger partial charge in [-0.15, -0.1) is 0 Å². The molecule has 0 aliphatic heterocycles. The summed E-state index contributed by atoms with van der Waals surface area (Å²) in [4.78, 5) is 9.56. The molecule has 8 rings (SSSR count). The van der Waals surface area contributed by atoms with Crippen molar-refractivity contribution < 1.29 is 0 Å². The first kappa shape index (κ1) is 20.9. The summed E-state index contributed by atoms with van der Waals surface area (Å²) in [6.07, 6.45) is 5.68. The predicted molar refractivity (Wildman–Crippen MR) is 156 cm³/mol. The average molecular weight is 487 g/mol. The molecule has 0 fully saturated rings.